The van der Waals surface area contributed by atoms with E-state index in [0.29, 0.717) is 11.5 Å². The molecule has 0 aromatic heterocycles. The van der Waals surface area contributed by atoms with Gasteiger partial charge in [-0.05, 0) is 36.8 Å². The predicted molar refractivity (Wildman–Crippen MR) is 106 cm³/mol. The molecule has 26 heavy (non-hydrogen) atoms. The molecule has 1 saturated carbocycles. The third kappa shape index (κ3) is 4.91. The Hall–Kier alpha value is -1.75. The first-order valence-electron chi connectivity index (χ1n) is 9.91. The number of guanidine groups is 1. The van der Waals surface area contributed by atoms with Crippen LogP contribution in [0.4, 0.5) is 0 Å². The highest BCUT2D eigenvalue weighted by molar-refractivity contribution is 5.80. The number of piperidine rings is 1. The van der Waals surface area contributed by atoms with Crippen LogP contribution in [0.2, 0.25) is 0 Å². The molecule has 1 aromatic carbocycles. The van der Waals surface area contributed by atoms with Gasteiger partial charge in [-0.15, -0.1) is 0 Å². The van der Waals surface area contributed by atoms with Crippen LogP contribution in [0.5, 0.6) is 5.75 Å². The summed E-state index contributed by atoms with van der Waals surface area (Å²) < 4.78 is 11.4. The highest BCUT2D eigenvalue weighted by Crippen LogP contribution is 2.43. The molecule has 1 saturated heterocycles. The van der Waals surface area contributed by atoms with Crippen molar-refractivity contribution in [2.45, 2.75) is 44.6 Å². The van der Waals surface area contributed by atoms with Gasteiger partial charge in [-0.2, -0.15) is 0 Å². The molecular weight excluding hydrogens is 326 g/mol. The van der Waals surface area contributed by atoms with E-state index in [1.54, 1.807) is 7.11 Å². The fraction of sp³-hybridized carbons (Fsp3) is 0.667. The topological polar surface area (TPSA) is 46.1 Å². The van der Waals surface area contributed by atoms with E-state index in [9.17, 15) is 0 Å². The Morgan fingerprint density at radius 3 is 2.54 bits per heavy atom. The second kappa shape index (κ2) is 9.26. The molecule has 5 nitrogen and oxygen atoms in total. The van der Waals surface area contributed by atoms with Gasteiger partial charge in [-0.3, -0.25) is 4.99 Å². The van der Waals surface area contributed by atoms with E-state index in [-0.39, 0.29) is 0 Å². The zero-order chi connectivity index (χ0) is 18.2. The maximum atomic E-state index is 6.10. The number of benzene rings is 1. The van der Waals surface area contributed by atoms with Crippen LogP contribution in [0.15, 0.2) is 35.3 Å². The first-order chi connectivity index (χ1) is 12.7. The first kappa shape index (κ1) is 19.0. The number of methoxy groups -OCH3 is 1. The number of ether oxygens (including phenoxy) is 2. The molecule has 0 spiro atoms. The number of nitrogens with zero attached hydrogens (tertiary/aromatic N) is 2. The van der Waals surface area contributed by atoms with Gasteiger partial charge in [0, 0.05) is 53.2 Å². The van der Waals surface area contributed by atoms with Crippen molar-refractivity contribution < 1.29 is 9.47 Å². The summed E-state index contributed by atoms with van der Waals surface area (Å²) in [6, 6.07) is 10.1. The van der Waals surface area contributed by atoms with Crippen LogP contribution in [-0.2, 0) is 4.74 Å². The lowest BCUT2D eigenvalue weighted by Crippen LogP contribution is -2.51. The molecule has 0 amide bonds. The Morgan fingerprint density at radius 1 is 1.23 bits per heavy atom. The highest BCUT2D eigenvalue weighted by atomic mass is 16.5. The summed E-state index contributed by atoms with van der Waals surface area (Å²) >= 11 is 0. The zero-order valence-electron chi connectivity index (χ0n) is 16.2. The zero-order valence-corrected chi connectivity index (χ0v) is 16.2. The van der Waals surface area contributed by atoms with Gasteiger partial charge in [0.25, 0.3) is 0 Å². The Labute approximate surface area is 157 Å². The molecule has 0 bridgehead atoms. The van der Waals surface area contributed by atoms with Crippen molar-refractivity contribution in [2.24, 2.45) is 10.4 Å². The lowest BCUT2D eigenvalue weighted by Gasteiger charge is -2.43. The normalized spacial score (nSPS) is 20.5. The fourth-order valence-corrected chi connectivity index (χ4v) is 3.99. The Morgan fingerprint density at radius 2 is 1.96 bits per heavy atom. The summed E-state index contributed by atoms with van der Waals surface area (Å²) in [6.45, 7) is 3.83. The number of hydrogen-bond acceptors (Lipinski definition) is 3. The number of hydrogen-bond donors (Lipinski definition) is 1. The van der Waals surface area contributed by atoms with Crippen LogP contribution in [0.25, 0.3) is 0 Å². The lowest BCUT2D eigenvalue weighted by molar-refractivity contribution is 0.0718. The Bertz CT molecular complexity index is 564. The minimum atomic E-state index is 0.298. The van der Waals surface area contributed by atoms with Crippen molar-refractivity contribution in [2.75, 3.05) is 40.4 Å². The Kier molecular flexibility index (Phi) is 6.78. The molecule has 5 heteroatoms. The molecule has 1 aromatic rings. The van der Waals surface area contributed by atoms with Gasteiger partial charge in [0.05, 0.1) is 0 Å². The maximum Gasteiger partial charge on any atom is 0.193 e. The van der Waals surface area contributed by atoms with Crippen molar-refractivity contribution in [1.29, 1.82) is 0 Å². The van der Waals surface area contributed by atoms with Crippen LogP contribution < -0.4 is 10.1 Å². The molecule has 1 aliphatic carbocycles. The van der Waals surface area contributed by atoms with Crippen molar-refractivity contribution in [3.63, 3.8) is 0 Å². The number of aliphatic imine (C=N–C) groups is 1. The monoisotopic (exact) mass is 359 g/mol. The van der Waals surface area contributed by atoms with Crippen LogP contribution in [0.1, 0.15) is 38.5 Å². The van der Waals surface area contributed by atoms with E-state index >= 15 is 0 Å². The largest absolute Gasteiger partial charge is 0.490 e. The quantitative estimate of drug-likeness (QED) is 0.599. The Balaban J connectivity index is 1.45. The smallest absolute Gasteiger partial charge is 0.193 e. The van der Waals surface area contributed by atoms with Crippen LogP contribution >= 0.6 is 0 Å². The van der Waals surface area contributed by atoms with Gasteiger partial charge in [0.15, 0.2) is 5.96 Å². The van der Waals surface area contributed by atoms with Crippen molar-refractivity contribution >= 4 is 5.96 Å². The van der Waals surface area contributed by atoms with E-state index in [4.69, 9.17) is 9.47 Å². The number of rotatable bonds is 7. The molecule has 1 heterocycles. The SMILES string of the molecule is CN=C(NCC1(CCOC)CCC1)N1CCC(Oc2ccccc2)CC1. The van der Waals surface area contributed by atoms with Crippen molar-refractivity contribution in [1.82, 2.24) is 10.2 Å². The van der Waals surface area contributed by atoms with Gasteiger partial charge in [0.2, 0.25) is 0 Å². The fourth-order valence-electron chi connectivity index (χ4n) is 3.99. The average Bonchev–Trinajstić information content (AvgIpc) is 2.65. The molecule has 0 atom stereocenters. The molecule has 0 unspecified atom stereocenters. The second-order valence-corrected chi connectivity index (χ2v) is 7.61. The van der Waals surface area contributed by atoms with Gasteiger partial charge in [-0.1, -0.05) is 24.6 Å². The minimum Gasteiger partial charge on any atom is -0.490 e. The van der Waals surface area contributed by atoms with Crippen molar-refractivity contribution in [3.8, 4) is 5.75 Å². The molecular formula is C21H33N3O2. The average molecular weight is 360 g/mol. The molecule has 1 aliphatic heterocycles. The van der Waals surface area contributed by atoms with E-state index in [1.165, 1.54) is 19.3 Å². The molecule has 2 fully saturated rings. The lowest BCUT2D eigenvalue weighted by atomic mass is 9.67. The maximum absolute atomic E-state index is 6.10. The summed E-state index contributed by atoms with van der Waals surface area (Å²) in [5.41, 5.74) is 0.403. The second-order valence-electron chi connectivity index (χ2n) is 7.61. The summed E-state index contributed by atoms with van der Waals surface area (Å²) in [7, 11) is 3.68. The third-order valence-corrected chi connectivity index (χ3v) is 5.87. The van der Waals surface area contributed by atoms with Crippen LogP contribution in [-0.4, -0.2) is 57.4 Å². The third-order valence-electron chi connectivity index (χ3n) is 5.87. The predicted octanol–water partition coefficient (Wildman–Crippen LogP) is 3.31. The van der Waals surface area contributed by atoms with E-state index in [2.05, 4.69) is 15.2 Å². The van der Waals surface area contributed by atoms with Gasteiger partial charge in [-0.25, -0.2) is 0 Å². The summed E-state index contributed by atoms with van der Waals surface area (Å²) in [5.74, 6) is 2.00. The summed E-state index contributed by atoms with van der Waals surface area (Å²) in [4.78, 5) is 6.89. The summed E-state index contributed by atoms with van der Waals surface area (Å²) in [5, 5.41) is 3.63. The number of para-hydroxylation sites is 1. The molecule has 0 radical (unpaired) electrons. The molecule has 144 valence electrons. The van der Waals surface area contributed by atoms with E-state index in [0.717, 1.165) is 57.2 Å². The molecule has 3 rings (SSSR count). The van der Waals surface area contributed by atoms with Crippen LogP contribution in [0.3, 0.4) is 0 Å². The van der Waals surface area contributed by atoms with Crippen molar-refractivity contribution in [3.05, 3.63) is 30.3 Å². The van der Waals surface area contributed by atoms with Gasteiger partial charge < -0.3 is 19.7 Å². The first-order valence-corrected chi connectivity index (χ1v) is 9.91. The van der Waals surface area contributed by atoms with E-state index in [1.807, 2.05) is 37.4 Å². The molecule has 1 N–H and O–H groups in total. The number of likely N-dealkylation sites (tertiary alicyclic amines) is 1. The summed E-state index contributed by atoms with van der Waals surface area (Å²) in [6.07, 6.45) is 7.44. The highest BCUT2D eigenvalue weighted by Gasteiger charge is 2.37. The minimum absolute atomic E-state index is 0.298. The van der Waals surface area contributed by atoms with E-state index < -0.39 is 0 Å². The van der Waals surface area contributed by atoms with Gasteiger partial charge >= 0.3 is 0 Å². The number of nitrogens with one attached hydrogen (secondary N) is 1. The van der Waals surface area contributed by atoms with Crippen LogP contribution in [0, 0.1) is 5.41 Å². The molecule has 2 aliphatic rings. The van der Waals surface area contributed by atoms with Gasteiger partial charge in [0.1, 0.15) is 11.9 Å². The standard InChI is InChI=1S/C21H33N3O2/c1-22-20(23-17-21(11-6-12-21)13-16-25-2)24-14-9-19(10-15-24)26-18-7-4-3-5-8-18/h3-5,7-8,19H,6,9-17H2,1-2H3,(H,22,23).